The van der Waals surface area contributed by atoms with Crippen molar-refractivity contribution in [1.29, 1.82) is 0 Å². The van der Waals surface area contributed by atoms with Gasteiger partial charge in [0, 0.05) is 34.4 Å². The van der Waals surface area contributed by atoms with Gasteiger partial charge in [-0.3, -0.25) is 4.21 Å². The highest BCUT2D eigenvalue weighted by molar-refractivity contribution is 7.85. The van der Waals surface area contributed by atoms with Gasteiger partial charge in [-0.05, 0) is 0 Å². The standard InChI is InChI=1S/C5H10ClNOS/c6-2-1-4-9(8)5-3-7/h1-2H,3-5,7H2/b2-1+. The van der Waals surface area contributed by atoms with E-state index in [-0.39, 0.29) is 0 Å². The predicted octanol–water partition coefficient (Wildman–Crippen LogP) is 0.446. The number of nitrogens with two attached hydrogens (primary N) is 1. The number of halogens is 1. The van der Waals surface area contributed by atoms with Gasteiger partial charge in [0.2, 0.25) is 0 Å². The fourth-order valence-corrected chi connectivity index (χ4v) is 1.29. The van der Waals surface area contributed by atoms with Gasteiger partial charge >= 0.3 is 0 Å². The second-order valence-corrected chi connectivity index (χ2v) is 3.33. The third-order valence-corrected chi connectivity index (χ3v) is 2.15. The van der Waals surface area contributed by atoms with Gasteiger partial charge in [0.05, 0.1) is 0 Å². The van der Waals surface area contributed by atoms with E-state index in [2.05, 4.69) is 0 Å². The SMILES string of the molecule is NCCS(=O)C/C=C/Cl. The smallest absolute Gasteiger partial charge is 0.0427 e. The molecule has 0 aromatic rings. The highest BCUT2D eigenvalue weighted by Crippen LogP contribution is 1.84. The lowest BCUT2D eigenvalue weighted by molar-refractivity contribution is 0.684. The number of rotatable bonds is 4. The number of hydrogen-bond donors (Lipinski definition) is 1. The van der Waals surface area contributed by atoms with Crippen LogP contribution >= 0.6 is 11.6 Å². The van der Waals surface area contributed by atoms with Crippen molar-refractivity contribution in [3.05, 3.63) is 11.6 Å². The van der Waals surface area contributed by atoms with Gasteiger partial charge in [-0.1, -0.05) is 17.7 Å². The van der Waals surface area contributed by atoms with Crippen LogP contribution in [0.1, 0.15) is 0 Å². The van der Waals surface area contributed by atoms with Crippen LogP contribution in [0.4, 0.5) is 0 Å². The first-order valence-electron chi connectivity index (χ1n) is 2.61. The van der Waals surface area contributed by atoms with Crippen molar-refractivity contribution in [1.82, 2.24) is 0 Å². The molecule has 0 saturated carbocycles. The molecular weight excluding hydrogens is 158 g/mol. The fourth-order valence-electron chi connectivity index (χ4n) is 0.358. The van der Waals surface area contributed by atoms with Crippen LogP contribution in [0.5, 0.6) is 0 Å². The molecule has 0 amide bonds. The fraction of sp³-hybridized carbons (Fsp3) is 0.600. The van der Waals surface area contributed by atoms with E-state index in [0.717, 1.165) is 0 Å². The molecule has 0 rings (SSSR count). The summed E-state index contributed by atoms with van der Waals surface area (Å²) in [7, 11) is -0.816. The molecule has 0 fully saturated rings. The minimum absolute atomic E-state index is 0.475. The van der Waals surface area contributed by atoms with Gasteiger partial charge < -0.3 is 5.73 Å². The Labute approximate surface area is 62.5 Å². The molecule has 9 heavy (non-hydrogen) atoms. The Morgan fingerprint density at radius 2 is 2.33 bits per heavy atom. The zero-order valence-corrected chi connectivity index (χ0v) is 6.62. The molecule has 0 aliphatic carbocycles. The Bertz CT molecular complexity index is 116. The molecule has 2 N–H and O–H groups in total. The van der Waals surface area contributed by atoms with Gasteiger partial charge in [0.25, 0.3) is 0 Å². The summed E-state index contributed by atoms with van der Waals surface area (Å²) in [5, 5.41) is 0. The van der Waals surface area contributed by atoms with Crippen molar-refractivity contribution in [3.8, 4) is 0 Å². The highest BCUT2D eigenvalue weighted by atomic mass is 35.5. The Morgan fingerprint density at radius 1 is 1.67 bits per heavy atom. The van der Waals surface area contributed by atoms with Crippen molar-refractivity contribution in [2.75, 3.05) is 18.1 Å². The van der Waals surface area contributed by atoms with Crippen LogP contribution in [0, 0.1) is 0 Å². The first-order valence-corrected chi connectivity index (χ1v) is 4.54. The van der Waals surface area contributed by atoms with Crippen molar-refractivity contribution in [2.45, 2.75) is 0 Å². The summed E-state index contributed by atoms with van der Waals surface area (Å²) >= 11 is 5.20. The van der Waals surface area contributed by atoms with Crippen LogP contribution in [0.2, 0.25) is 0 Å². The van der Waals surface area contributed by atoms with E-state index < -0.39 is 10.8 Å². The van der Waals surface area contributed by atoms with Crippen LogP contribution in [0.15, 0.2) is 11.6 Å². The van der Waals surface area contributed by atoms with Crippen LogP contribution in [0.25, 0.3) is 0 Å². The van der Waals surface area contributed by atoms with Gasteiger partial charge in [0.1, 0.15) is 0 Å². The zero-order valence-electron chi connectivity index (χ0n) is 5.05. The molecule has 0 heterocycles. The average Bonchev–Trinajstić information content (AvgIpc) is 1.85. The van der Waals surface area contributed by atoms with E-state index in [0.29, 0.717) is 18.1 Å². The van der Waals surface area contributed by atoms with Gasteiger partial charge in [0.15, 0.2) is 0 Å². The quantitative estimate of drug-likeness (QED) is 0.661. The van der Waals surface area contributed by atoms with Gasteiger partial charge in [-0.2, -0.15) is 0 Å². The van der Waals surface area contributed by atoms with E-state index in [1.165, 1.54) is 5.54 Å². The van der Waals surface area contributed by atoms with Crippen molar-refractivity contribution >= 4 is 22.4 Å². The average molecular weight is 168 g/mol. The monoisotopic (exact) mass is 167 g/mol. The Kier molecular flexibility index (Phi) is 6.36. The summed E-state index contributed by atoms with van der Waals surface area (Å²) in [5.41, 5.74) is 6.52. The predicted molar refractivity (Wildman–Crippen MR) is 41.9 cm³/mol. The molecule has 4 heteroatoms. The third kappa shape index (κ3) is 6.02. The Hall–Kier alpha value is 0.140. The molecule has 2 nitrogen and oxygen atoms in total. The molecule has 0 aromatic heterocycles. The molecular formula is C5H10ClNOS. The normalized spacial score (nSPS) is 14.4. The summed E-state index contributed by atoms with van der Waals surface area (Å²) in [6, 6.07) is 0. The van der Waals surface area contributed by atoms with E-state index >= 15 is 0 Å². The van der Waals surface area contributed by atoms with E-state index in [9.17, 15) is 4.21 Å². The molecule has 0 spiro atoms. The Morgan fingerprint density at radius 3 is 2.78 bits per heavy atom. The summed E-state index contributed by atoms with van der Waals surface area (Å²) < 4.78 is 10.7. The van der Waals surface area contributed by atoms with Crippen molar-refractivity contribution < 1.29 is 4.21 Å². The van der Waals surface area contributed by atoms with Crippen LogP contribution in [-0.2, 0) is 10.8 Å². The zero-order chi connectivity index (χ0) is 7.11. The molecule has 0 bridgehead atoms. The van der Waals surface area contributed by atoms with E-state index in [1.807, 2.05) is 0 Å². The summed E-state index contributed by atoms with van der Waals surface area (Å²) in [6.45, 7) is 0.475. The van der Waals surface area contributed by atoms with E-state index in [4.69, 9.17) is 17.3 Å². The minimum Gasteiger partial charge on any atom is -0.330 e. The largest absolute Gasteiger partial charge is 0.330 e. The lowest BCUT2D eigenvalue weighted by Gasteiger charge is -1.91. The lowest BCUT2D eigenvalue weighted by Crippen LogP contribution is -2.11. The van der Waals surface area contributed by atoms with Crippen molar-refractivity contribution in [3.63, 3.8) is 0 Å². The highest BCUT2D eigenvalue weighted by Gasteiger charge is 1.91. The summed E-state index contributed by atoms with van der Waals surface area (Å²) in [5.74, 6) is 1.07. The maximum Gasteiger partial charge on any atom is 0.0427 e. The maximum absolute atomic E-state index is 10.7. The van der Waals surface area contributed by atoms with Crippen LogP contribution in [0.3, 0.4) is 0 Å². The third-order valence-electron chi connectivity index (χ3n) is 0.717. The van der Waals surface area contributed by atoms with Gasteiger partial charge in [-0.15, -0.1) is 0 Å². The molecule has 1 atom stereocenters. The maximum atomic E-state index is 10.7. The first kappa shape index (κ1) is 9.14. The molecule has 0 radical (unpaired) electrons. The van der Waals surface area contributed by atoms with E-state index in [1.54, 1.807) is 6.08 Å². The molecule has 1 unspecified atom stereocenters. The van der Waals surface area contributed by atoms with Crippen LogP contribution < -0.4 is 5.73 Å². The molecule has 0 aromatic carbocycles. The van der Waals surface area contributed by atoms with Gasteiger partial charge in [-0.25, -0.2) is 0 Å². The second-order valence-electron chi connectivity index (χ2n) is 1.46. The number of hydrogen-bond acceptors (Lipinski definition) is 2. The van der Waals surface area contributed by atoms with Crippen LogP contribution in [-0.4, -0.2) is 22.3 Å². The van der Waals surface area contributed by atoms with Crippen molar-refractivity contribution in [2.24, 2.45) is 5.73 Å². The Balaban J connectivity index is 3.27. The summed E-state index contributed by atoms with van der Waals surface area (Å²) in [6.07, 6.45) is 1.66. The molecule has 54 valence electrons. The molecule has 0 saturated heterocycles. The second kappa shape index (κ2) is 6.26. The molecule has 0 aliphatic heterocycles. The lowest BCUT2D eigenvalue weighted by atomic mass is 10.8. The topological polar surface area (TPSA) is 43.1 Å². The molecule has 0 aliphatic rings. The summed E-state index contributed by atoms with van der Waals surface area (Å²) in [4.78, 5) is 0. The minimum atomic E-state index is -0.816. The first-order chi connectivity index (χ1) is 4.31.